The number of phenolic OH excluding ortho intramolecular Hbond substituents is 2. The third-order valence-electron chi connectivity index (χ3n) is 2.78. The van der Waals surface area contributed by atoms with Crippen LogP contribution in [0.1, 0.15) is 31.4 Å². The first kappa shape index (κ1) is 13.1. The molecule has 0 fully saturated rings. The summed E-state index contributed by atoms with van der Waals surface area (Å²) in [6, 6.07) is 14.7. The lowest BCUT2D eigenvalue weighted by Crippen LogP contribution is -1.95. The van der Waals surface area contributed by atoms with Crippen LogP contribution in [-0.2, 0) is 0 Å². The van der Waals surface area contributed by atoms with Crippen molar-refractivity contribution in [3.63, 3.8) is 0 Å². The lowest BCUT2D eigenvalue weighted by molar-refractivity contribution is 0.444. The Balaban J connectivity index is 0.00000144. The molecular weight excluding hydrogens is 212 g/mol. The molecule has 0 aromatic heterocycles. The smallest absolute Gasteiger partial charge is 0.123 e. The first-order valence-corrected chi connectivity index (χ1v) is 5.25. The van der Waals surface area contributed by atoms with Crippen molar-refractivity contribution < 1.29 is 10.2 Å². The molecule has 17 heavy (non-hydrogen) atoms. The molecular formula is C15H18O2. The van der Waals surface area contributed by atoms with Crippen LogP contribution in [0.5, 0.6) is 11.5 Å². The molecule has 0 saturated carbocycles. The van der Waals surface area contributed by atoms with Crippen LogP contribution in [0.15, 0.2) is 48.5 Å². The highest BCUT2D eigenvalue weighted by atomic mass is 16.3. The van der Waals surface area contributed by atoms with E-state index in [1.807, 2.05) is 37.3 Å². The maximum absolute atomic E-state index is 9.76. The summed E-state index contributed by atoms with van der Waals surface area (Å²) in [6.07, 6.45) is 0. The van der Waals surface area contributed by atoms with Gasteiger partial charge in [-0.3, -0.25) is 0 Å². The van der Waals surface area contributed by atoms with Gasteiger partial charge < -0.3 is 10.2 Å². The second-order valence-corrected chi connectivity index (χ2v) is 3.88. The zero-order valence-electron chi connectivity index (χ0n) is 9.09. The van der Waals surface area contributed by atoms with E-state index in [0.717, 1.165) is 11.1 Å². The van der Waals surface area contributed by atoms with E-state index >= 15 is 0 Å². The Morgan fingerprint density at radius 1 is 0.941 bits per heavy atom. The lowest BCUT2D eigenvalue weighted by atomic mass is 9.92. The summed E-state index contributed by atoms with van der Waals surface area (Å²) in [4.78, 5) is 0. The minimum atomic E-state index is 0. The van der Waals surface area contributed by atoms with Gasteiger partial charge in [0.05, 0.1) is 0 Å². The molecule has 2 heteroatoms. The second-order valence-electron chi connectivity index (χ2n) is 3.88. The van der Waals surface area contributed by atoms with Crippen molar-refractivity contribution >= 4 is 0 Å². The normalized spacial score (nSPS) is 11.6. The van der Waals surface area contributed by atoms with Crippen LogP contribution in [0.3, 0.4) is 0 Å². The summed E-state index contributed by atoms with van der Waals surface area (Å²) in [7, 11) is 0. The molecule has 0 radical (unpaired) electrons. The Bertz CT molecular complexity index is 478. The van der Waals surface area contributed by atoms with Crippen molar-refractivity contribution in [1.82, 2.24) is 0 Å². The van der Waals surface area contributed by atoms with Crippen LogP contribution >= 0.6 is 0 Å². The maximum atomic E-state index is 9.76. The fourth-order valence-electron chi connectivity index (χ4n) is 1.82. The molecule has 2 rings (SSSR count). The standard InChI is InChI=1S/C14H14O2.CH4/c1-10(11-5-3-2-4-6-11)13-8-7-12(15)9-14(13)16;/h2-10,15-16H,1H3;1H4. The number of phenols is 2. The largest absolute Gasteiger partial charge is 0.508 e. The van der Waals surface area contributed by atoms with Gasteiger partial charge in [-0.25, -0.2) is 0 Å². The first-order chi connectivity index (χ1) is 7.68. The summed E-state index contributed by atoms with van der Waals surface area (Å²) >= 11 is 0. The predicted molar refractivity (Wildman–Crippen MR) is 70.5 cm³/mol. The minimum Gasteiger partial charge on any atom is -0.508 e. The molecule has 0 spiro atoms. The molecule has 2 aromatic rings. The van der Waals surface area contributed by atoms with Crippen molar-refractivity contribution in [2.75, 3.05) is 0 Å². The van der Waals surface area contributed by atoms with Crippen LogP contribution in [-0.4, -0.2) is 10.2 Å². The molecule has 0 aliphatic heterocycles. The van der Waals surface area contributed by atoms with Gasteiger partial charge in [0.25, 0.3) is 0 Å². The molecule has 0 aliphatic rings. The van der Waals surface area contributed by atoms with E-state index in [1.165, 1.54) is 6.07 Å². The van der Waals surface area contributed by atoms with Gasteiger partial charge >= 0.3 is 0 Å². The van der Waals surface area contributed by atoms with Gasteiger partial charge in [-0.1, -0.05) is 50.7 Å². The monoisotopic (exact) mass is 230 g/mol. The van der Waals surface area contributed by atoms with Crippen molar-refractivity contribution in [1.29, 1.82) is 0 Å². The molecule has 1 atom stereocenters. The third kappa shape index (κ3) is 2.78. The fourth-order valence-corrected chi connectivity index (χ4v) is 1.82. The summed E-state index contributed by atoms with van der Waals surface area (Å²) in [5.74, 6) is 0.333. The molecule has 0 heterocycles. The minimum absolute atomic E-state index is 0. The Morgan fingerprint density at radius 2 is 1.59 bits per heavy atom. The van der Waals surface area contributed by atoms with Crippen molar-refractivity contribution in [2.45, 2.75) is 20.3 Å². The molecule has 0 aliphatic carbocycles. The van der Waals surface area contributed by atoms with Crippen LogP contribution in [0.4, 0.5) is 0 Å². The highest BCUT2D eigenvalue weighted by Crippen LogP contribution is 2.32. The Labute approximate surface area is 102 Å². The average molecular weight is 230 g/mol. The van der Waals surface area contributed by atoms with Gasteiger partial charge in [0.1, 0.15) is 11.5 Å². The molecule has 0 bridgehead atoms. The highest BCUT2D eigenvalue weighted by molar-refractivity contribution is 5.44. The van der Waals surface area contributed by atoms with Gasteiger partial charge in [-0.15, -0.1) is 0 Å². The van der Waals surface area contributed by atoms with E-state index in [9.17, 15) is 10.2 Å². The first-order valence-electron chi connectivity index (χ1n) is 5.25. The van der Waals surface area contributed by atoms with Gasteiger partial charge in [-0.2, -0.15) is 0 Å². The summed E-state index contributed by atoms with van der Waals surface area (Å²) in [5, 5.41) is 19.0. The topological polar surface area (TPSA) is 40.5 Å². The SMILES string of the molecule is C.CC(c1ccccc1)c1ccc(O)cc1O. The molecule has 90 valence electrons. The number of benzene rings is 2. The molecule has 1 unspecified atom stereocenters. The van der Waals surface area contributed by atoms with E-state index in [-0.39, 0.29) is 24.8 Å². The van der Waals surface area contributed by atoms with Gasteiger partial charge in [0, 0.05) is 17.5 Å². The van der Waals surface area contributed by atoms with E-state index in [0.29, 0.717) is 0 Å². The molecule has 2 nitrogen and oxygen atoms in total. The number of hydrogen-bond acceptors (Lipinski definition) is 2. The van der Waals surface area contributed by atoms with Crippen molar-refractivity contribution in [3.05, 3.63) is 59.7 Å². The van der Waals surface area contributed by atoms with E-state index < -0.39 is 0 Å². The van der Waals surface area contributed by atoms with Crippen molar-refractivity contribution in [3.8, 4) is 11.5 Å². The van der Waals surface area contributed by atoms with Crippen LogP contribution in [0.25, 0.3) is 0 Å². The van der Waals surface area contributed by atoms with E-state index in [4.69, 9.17) is 0 Å². The number of aromatic hydroxyl groups is 2. The Morgan fingerprint density at radius 3 is 2.18 bits per heavy atom. The number of hydrogen-bond donors (Lipinski definition) is 2. The van der Waals surface area contributed by atoms with Crippen LogP contribution in [0, 0.1) is 0 Å². The highest BCUT2D eigenvalue weighted by Gasteiger charge is 2.12. The molecule has 2 aromatic carbocycles. The quantitative estimate of drug-likeness (QED) is 0.821. The second kappa shape index (κ2) is 5.39. The molecule has 0 amide bonds. The maximum Gasteiger partial charge on any atom is 0.123 e. The van der Waals surface area contributed by atoms with Gasteiger partial charge in [-0.05, 0) is 11.6 Å². The Kier molecular flexibility index (Phi) is 4.16. The van der Waals surface area contributed by atoms with Crippen LogP contribution in [0.2, 0.25) is 0 Å². The molecule has 2 N–H and O–H groups in total. The van der Waals surface area contributed by atoms with Gasteiger partial charge in [0.2, 0.25) is 0 Å². The number of rotatable bonds is 2. The predicted octanol–water partition coefficient (Wildman–Crippen LogP) is 3.89. The van der Waals surface area contributed by atoms with E-state index in [1.54, 1.807) is 12.1 Å². The zero-order chi connectivity index (χ0) is 11.5. The summed E-state index contributed by atoms with van der Waals surface area (Å²) in [6.45, 7) is 2.03. The van der Waals surface area contributed by atoms with Crippen LogP contribution < -0.4 is 0 Å². The van der Waals surface area contributed by atoms with E-state index in [2.05, 4.69) is 0 Å². The summed E-state index contributed by atoms with van der Waals surface area (Å²) < 4.78 is 0. The summed E-state index contributed by atoms with van der Waals surface area (Å²) in [5.41, 5.74) is 1.97. The van der Waals surface area contributed by atoms with Crippen molar-refractivity contribution in [2.24, 2.45) is 0 Å². The Hall–Kier alpha value is -1.96. The van der Waals surface area contributed by atoms with Gasteiger partial charge in [0.15, 0.2) is 0 Å². The molecule has 0 saturated heterocycles. The lowest BCUT2D eigenvalue weighted by Gasteiger charge is -2.14. The third-order valence-corrected chi connectivity index (χ3v) is 2.78. The zero-order valence-corrected chi connectivity index (χ0v) is 9.09. The average Bonchev–Trinajstić information content (AvgIpc) is 2.29. The fraction of sp³-hybridized carbons (Fsp3) is 0.200.